The van der Waals surface area contributed by atoms with Gasteiger partial charge in [0.25, 0.3) is 0 Å². The van der Waals surface area contributed by atoms with E-state index in [1.807, 2.05) is 13.0 Å². The van der Waals surface area contributed by atoms with E-state index in [-0.39, 0.29) is 0 Å². The Morgan fingerprint density at radius 1 is 1.29 bits per heavy atom. The van der Waals surface area contributed by atoms with Gasteiger partial charge in [0.05, 0.1) is 11.6 Å². The molecule has 84 valence electrons. The first-order valence-corrected chi connectivity index (χ1v) is 5.08. The zero-order valence-corrected chi connectivity index (χ0v) is 9.24. The number of anilines is 2. The Morgan fingerprint density at radius 3 is 2.82 bits per heavy atom. The summed E-state index contributed by atoms with van der Waals surface area (Å²) in [6, 6.07) is 10.4. The van der Waals surface area contributed by atoms with Gasteiger partial charge in [0.15, 0.2) is 0 Å². The maximum atomic E-state index is 12.9. The maximum Gasteiger partial charge on any atom is 0.214 e. The van der Waals surface area contributed by atoms with Crippen LogP contribution in [0.1, 0.15) is 11.1 Å². The van der Waals surface area contributed by atoms with Crippen molar-refractivity contribution >= 4 is 11.4 Å². The average molecular weight is 227 g/mol. The van der Waals surface area contributed by atoms with Crippen molar-refractivity contribution in [3.8, 4) is 6.07 Å². The Balaban J connectivity index is 2.33. The summed E-state index contributed by atoms with van der Waals surface area (Å²) in [6.07, 6.45) is 1.39. The first-order chi connectivity index (χ1) is 8.19. The molecule has 0 aliphatic heterocycles. The van der Waals surface area contributed by atoms with Gasteiger partial charge in [-0.3, -0.25) is 0 Å². The maximum absolute atomic E-state index is 12.9. The third kappa shape index (κ3) is 2.58. The van der Waals surface area contributed by atoms with Gasteiger partial charge in [-0.15, -0.1) is 0 Å². The van der Waals surface area contributed by atoms with Crippen molar-refractivity contribution in [2.75, 3.05) is 5.32 Å². The van der Waals surface area contributed by atoms with Crippen molar-refractivity contribution in [1.29, 1.82) is 5.26 Å². The molecule has 0 bridgehead atoms. The van der Waals surface area contributed by atoms with Crippen molar-refractivity contribution in [2.24, 2.45) is 0 Å². The Labute approximate surface area is 98.5 Å². The van der Waals surface area contributed by atoms with Crippen LogP contribution in [0.3, 0.4) is 0 Å². The van der Waals surface area contributed by atoms with E-state index >= 15 is 0 Å². The molecule has 0 aliphatic carbocycles. The predicted molar refractivity (Wildman–Crippen MR) is 63.4 cm³/mol. The fourth-order valence-corrected chi connectivity index (χ4v) is 1.46. The lowest BCUT2D eigenvalue weighted by Gasteiger charge is -2.09. The SMILES string of the molecule is Cc1ccc(C#N)cc1Nc1ccnc(F)c1. The molecule has 0 aliphatic rings. The van der Waals surface area contributed by atoms with Gasteiger partial charge in [-0.25, -0.2) is 4.98 Å². The van der Waals surface area contributed by atoms with Gasteiger partial charge in [0, 0.05) is 23.6 Å². The largest absolute Gasteiger partial charge is 0.355 e. The quantitative estimate of drug-likeness (QED) is 0.802. The summed E-state index contributed by atoms with van der Waals surface area (Å²) in [4.78, 5) is 3.48. The molecule has 1 aromatic carbocycles. The minimum absolute atomic E-state index is 0.538. The number of nitrogens with one attached hydrogen (secondary N) is 1. The molecule has 2 rings (SSSR count). The fraction of sp³-hybridized carbons (Fsp3) is 0.0769. The van der Waals surface area contributed by atoms with Crippen LogP contribution in [-0.2, 0) is 0 Å². The number of nitriles is 1. The standard InChI is InChI=1S/C13H10FN3/c1-9-2-3-10(8-15)6-12(9)17-11-4-5-16-13(14)7-11/h2-7H,1H3,(H,16,17). The van der Waals surface area contributed by atoms with E-state index in [4.69, 9.17) is 5.26 Å². The van der Waals surface area contributed by atoms with Crippen LogP contribution in [-0.4, -0.2) is 4.98 Å². The van der Waals surface area contributed by atoms with Gasteiger partial charge in [0.1, 0.15) is 0 Å². The zero-order valence-electron chi connectivity index (χ0n) is 9.24. The molecule has 2 aromatic rings. The minimum atomic E-state index is -0.538. The molecule has 1 heterocycles. The molecule has 4 heteroatoms. The Hall–Kier alpha value is -2.41. The normalized spacial score (nSPS) is 9.71. The van der Waals surface area contributed by atoms with Crippen LogP contribution in [0.15, 0.2) is 36.5 Å². The van der Waals surface area contributed by atoms with Crippen molar-refractivity contribution in [1.82, 2.24) is 4.98 Å². The number of nitrogens with zero attached hydrogens (tertiary/aromatic N) is 2. The summed E-state index contributed by atoms with van der Waals surface area (Å²) >= 11 is 0. The van der Waals surface area contributed by atoms with Crippen LogP contribution in [0.5, 0.6) is 0 Å². The molecular weight excluding hydrogens is 217 g/mol. The van der Waals surface area contributed by atoms with E-state index in [0.717, 1.165) is 11.3 Å². The molecule has 0 saturated heterocycles. The van der Waals surface area contributed by atoms with Crippen LogP contribution in [0.25, 0.3) is 0 Å². The van der Waals surface area contributed by atoms with E-state index in [0.29, 0.717) is 11.3 Å². The van der Waals surface area contributed by atoms with Crippen LogP contribution in [0.2, 0.25) is 0 Å². The summed E-state index contributed by atoms with van der Waals surface area (Å²) in [5, 5.41) is 11.9. The number of aromatic nitrogens is 1. The predicted octanol–water partition coefficient (Wildman–Crippen LogP) is 3.14. The molecule has 0 unspecified atom stereocenters. The first-order valence-electron chi connectivity index (χ1n) is 5.08. The summed E-state index contributed by atoms with van der Waals surface area (Å²) in [5.74, 6) is -0.538. The van der Waals surface area contributed by atoms with E-state index in [1.54, 1.807) is 18.2 Å². The lowest BCUT2D eigenvalue weighted by atomic mass is 10.1. The van der Waals surface area contributed by atoms with Gasteiger partial charge in [0.2, 0.25) is 5.95 Å². The average Bonchev–Trinajstić information content (AvgIpc) is 2.32. The molecule has 3 nitrogen and oxygen atoms in total. The second-order valence-corrected chi connectivity index (χ2v) is 3.63. The highest BCUT2D eigenvalue weighted by Gasteiger charge is 2.02. The van der Waals surface area contributed by atoms with Crippen LogP contribution in [0, 0.1) is 24.2 Å². The van der Waals surface area contributed by atoms with Crippen molar-refractivity contribution < 1.29 is 4.39 Å². The first kappa shape index (κ1) is 11.1. The molecule has 0 radical (unpaired) electrons. The second-order valence-electron chi connectivity index (χ2n) is 3.63. The molecule has 17 heavy (non-hydrogen) atoms. The van der Waals surface area contributed by atoms with Crippen LogP contribution in [0.4, 0.5) is 15.8 Å². The summed E-state index contributed by atoms with van der Waals surface area (Å²) in [5.41, 5.74) is 2.94. The van der Waals surface area contributed by atoms with Crippen molar-refractivity contribution in [3.05, 3.63) is 53.6 Å². The van der Waals surface area contributed by atoms with E-state index in [2.05, 4.69) is 16.4 Å². The molecule has 1 N–H and O–H groups in total. The Bertz CT molecular complexity index is 587. The van der Waals surface area contributed by atoms with Gasteiger partial charge in [-0.05, 0) is 30.7 Å². The van der Waals surface area contributed by atoms with Gasteiger partial charge in [-0.2, -0.15) is 9.65 Å². The van der Waals surface area contributed by atoms with Gasteiger partial charge < -0.3 is 5.32 Å². The molecule has 0 saturated carbocycles. The summed E-state index contributed by atoms with van der Waals surface area (Å²) < 4.78 is 12.9. The number of halogens is 1. The minimum Gasteiger partial charge on any atom is -0.355 e. The second kappa shape index (κ2) is 4.62. The highest BCUT2D eigenvalue weighted by molar-refractivity contribution is 5.64. The van der Waals surface area contributed by atoms with Gasteiger partial charge >= 0.3 is 0 Å². The molecule has 0 spiro atoms. The highest BCUT2D eigenvalue weighted by Crippen LogP contribution is 2.21. The number of aryl methyl sites for hydroxylation is 1. The lowest BCUT2D eigenvalue weighted by molar-refractivity contribution is 0.584. The molecule has 0 atom stereocenters. The third-order valence-electron chi connectivity index (χ3n) is 2.37. The number of pyridine rings is 1. The van der Waals surface area contributed by atoms with Crippen molar-refractivity contribution in [3.63, 3.8) is 0 Å². The summed E-state index contributed by atoms with van der Waals surface area (Å²) in [6.45, 7) is 1.92. The molecule has 0 fully saturated rings. The van der Waals surface area contributed by atoms with Crippen LogP contribution < -0.4 is 5.32 Å². The summed E-state index contributed by atoms with van der Waals surface area (Å²) in [7, 11) is 0. The van der Waals surface area contributed by atoms with Crippen molar-refractivity contribution in [2.45, 2.75) is 6.92 Å². The molecule has 0 amide bonds. The fourth-order valence-electron chi connectivity index (χ4n) is 1.46. The van der Waals surface area contributed by atoms with Crippen LogP contribution >= 0.6 is 0 Å². The topological polar surface area (TPSA) is 48.7 Å². The number of hydrogen-bond donors (Lipinski definition) is 1. The number of benzene rings is 1. The van der Waals surface area contributed by atoms with Gasteiger partial charge in [-0.1, -0.05) is 6.07 Å². The highest BCUT2D eigenvalue weighted by atomic mass is 19.1. The third-order valence-corrected chi connectivity index (χ3v) is 2.37. The van der Waals surface area contributed by atoms with E-state index in [9.17, 15) is 4.39 Å². The van der Waals surface area contributed by atoms with E-state index in [1.165, 1.54) is 12.3 Å². The number of rotatable bonds is 2. The Kier molecular flexibility index (Phi) is 3.01. The van der Waals surface area contributed by atoms with E-state index < -0.39 is 5.95 Å². The number of hydrogen-bond acceptors (Lipinski definition) is 3. The molecular formula is C13H10FN3. The lowest BCUT2D eigenvalue weighted by Crippen LogP contribution is -1.95. The molecule has 1 aromatic heterocycles. The monoisotopic (exact) mass is 227 g/mol. The zero-order chi connectivity index (χ0) is 12.3. The smallest absolute Gasteiger partial charge is 0.214 e. The Morgan fingerprint density at radius 2 is 2.12 bits per heavy atom.